The van der Waals surface area contributed by atoms with Gasteiger partial charge in [-0.05, 0) is 32.0 Å². The van der Waals surface area contributed by atoms with Gasteiger partial charge in [0.15, 0.2) is 9.84 Å². The SMILES string of the molecule is CC(C)(C(=O)NCc1cc(Br)ccc1F)S(C)(=O)=O. The molecule has 0 aliphatic heterocycles. The summed E-state index contributed by atoms with van der Waals surface area (Å²) in [5.74, 6) is -1.12. The van der Waals surface area contributed by atoms with Crippen LogP contribution in [0.3, 0.4) is 0 Å². The fourth-order valence-electron chi connectivity index (χ4n) is 1.24. The van der Waals surface area contributed by atoms with Gasteiger partial charge in [-0.25, -0.2) is 12.8 Å². The van der Waals surface area contributed by atoms with Crippen LogP contribution in [0.4, 0.5) is 4.39 Å². The molecular weight excluding hydrogens is 337 g/mol. The molecule has 1 rings (SSSR count). The number of benzene rings is 1. The largest absolute Gasteiger partial charge is 0.351 e. The summed E-state index contributed by atoms with van der Waals surface area (Å²) in [6.07, 6.45) is 0.992. The quantitative estimate of drug-likeness (QED) is 0.902. The molecule has 0 spiro atoms. The number of hydrogen-bond donors (Lipinski definition) is 1. The molecule has 0 atom stereocenters. The molecule has 1 aromatic rings. The fourth-order valence-corrected chi connectivity index (χ4v) is 2.05. The Morgan fingerprint density at radius 3 is 2.53 bits per heavy atom. The Morgan fingerprint density at radius 1 is 1.42 bits per heavy atom. The lowest BCUT2D eigenvalue weighted by Gasteiger charge is -2.21. The first kappa shape index (κ1) is 16.1. The molecule has 0 radical (unpaired) electrons. The van der Waals surface area contributed by atoms with E-state index in [9.17, 15) is 17.6 Å². The van der Waals surface area contributed by atoms with E-state index in [1.807, 2.05) is 0 Å². The minimum Gasteiger partial charge on any atom is -0.351 e. The highest BCUT2D eigenvalue weighted by molar-refractivity contribution is 9.10. The van der Waals surface area contributed by atoms with Crippen LogP contribution < -0.4 is 5.32 Å². The maximum atomic E-state index is 13.5. The van der Waals surface area contributed by atoms with Crippen LogP contribution in [0.15, 0.2) is 22.7 Å². The lowest BCUT2D eigenvalue weighted by molar-refractivity contribution is -0.123. The van der Waals surface area contributed by atoms with Gasteiger partial charge >= 0.3 is 0 Å². The first-order valence-electron chi connectivity index (χ1n) is 5.47. The second kappa shape index (κ2) is 5.58. The molecule has 7 heteroatoms. The summed E-state index contributed by atoms with van der Waals surface area (Å²) in [6, 6.07) is 4.34. The van der Waals surface area contributed by atoms with E-state index in [1.165, 1.54) is 26.0 Å². The smallest absolute Gasteiger partial charge is 0.241 e. The molecule has 0 fully saturated rings. The summed E-state index contributed by atoms with van der Waals surface area (Å²) in [4.78, 5) is 11.9. The molecule has 0 aliphatic rings. The van der Waals surface area contributed by atoms with Crippen molar-refractivity contribution in [2.75, 3.05) is 6.26 Å². The predicted octanol–water partition coefficient (Wildman–Crippen LogP) is 2.03. The summed E-state index contributed by atoms with van der Waals surface area (Å²) in [5.41, 5.74) is 0.284. The highest BCUT2D eigenvalue weighted by atomic mass is 79.9. The Kier molecular flexibility index (Phi) is 4.73. The van der Waals surface area contributed by atoms with Gasteiger partial charge in [0.25, 0.3) is 0 Å². The molecule has 0 bridgehead atoms. The maximum Gasteiger partial charge on any atom is 0.241 e. The second-order valence-electron chi connectivity index (χ2n) is 4.70. The molecule has 0 aliphatic carbocycles. The lowest BCUT2D eigenvalue weighted by Crippen LogP contribution is -2.47. The summed E-state index contributed by atoms with van der Waals surface area (Å²) in [6.45, 7) is 2.56. The molecule has 0 saturated heterocycles. The minimum atomic E-state index is -3.54. The number of rotatable bonds is 4. The third-order valence-corrected chi connectivity index (χ3v) is 5.45. The third kappa shape index (κ3) is 3.76. The van der Waals surface area contributed by atoms with Gasteiger partial charge in [0, 0.05) is 22.8 Å². The minimum absolute atomic E-state index is 0.0664. The molecule has 106 valence electrons. The van der Waals surface area contributed by atoms with Crippen molar-refractivity contribution in [1.82, 2.24) is 5.32 Å². The van der Waals surface area contributed by atoms with Gasteiger partial charge in [0.2, 0.25) is 5.91 Å². The Bertz CT molecular complexity index is 599. The topological polar surface area (TPSA) is 63.2 Å². The van der Waals surface area contributed by atoms with Crippen LogP contribution in [-0.4, -0.2) is 25.3 Å². The van der Waals surface area contributed by atoms with Crippen molar-refractivity contribution in [3.63, 3.8) is 0 Å². The van der Waals surface area contributed by atoms with Gasteiger partial charge in [-0.15, -0.1) is 0 Å². The van der Waals surface area contributed by atoms with E-state index >= 15 is 0 Å². The van der Waals surface area contributed by atoms with Crippen LogP contribution in [0.1, 0.15) is 19.4 Å². The molecule has 0 heterocycles. The number of nitrogens with one attached hydrogen (secondary N) is 1. The third-order valence-electron chi connectivity index (χ3n) is 2.92. The van der Waals surface area contributed by atoms with Crippen molar-refractivity contribution in [2.24, 2.45) is 0 Å². The monoisotopic (exact) mass is 351 g/mol. The Labute approximate surface area is 120 Å². The van der Waals surface area contributed by atoms with Gasteiger partial charge < -0.3 is 5.32 Å². The van der Waals surface area contributed by atoms with E-state index in [1.54, 1.807) is 6.07 Å². The number of amides is 1. The molecule has 1 amide bonds. The zero-order valence-corrected chi connectivity index (χ0v) is 13.2. The molecule has 1 N–H and O–H groups in total. The van der Waals surface area contributed by atoms with E-state index in [4.69, 9.17) is 0 Å². The number of carbonyl (C=O) groups is 1. The second-order valence-corrected chi connectivity index (χ2v) is 8.18. The number of sulfone groups is 1. The van der Waals surface area contributed by atoms with Crippen molar-refractivity contribution in [3.8, 4) is 0 Å². The lowest BCUT2D eigenvalue weighted by atomic mass is 10.1. The van der Waals surface area contributed by atoms with E-state index in [2.05, 4.69) is 21.2 Å². The van der Waals surface area contributed by atoms with Crippen molar-refractivity contribution in [1.29, 1.82) is 0 Å². The fraction of sp³-hybridized carbons (Fsp3) is 0.417. The molecule has 0 aromatic heterocycles. The van der Waals surface area contributed by atoms with Gasteiger partial charge in [-0.1, -0.05) is 15.9 Å². The Hall–Kier alpha value is -0.950. The Balaban J connectivity index is 2.83. The number of halogens is 2. The van der Waals surface area contributed by atoms with Crippen molar-refractivity contribution in [2.45, 2.75) is 25.1 Å². The van der Waals surface area contributed by atoms with E-state index < -0.39 is 26.3 Å². The van der Waals surface area contributed by atoms with Crippen LogP contribution in [-0.2, 0) is 21.2 Å². The summed E-state index contributed by atoms with van der Waals surface area (Å²) in [5, 5.41) is 2.43. The van der Waals surface area contributed by atoms with Gasteiger partial charge in [0.1, 0.15) is 10.6 Å². The first-order valence-corrected chi connectivity index (χ1v) is 8.16. The van der Waals surface area contributed by atoms with E-state index in [0.29, 0.717) is 4.47 Å². The van der Waals surface area contributed by atoms with Gasteiger partial charge in [-0.2, -0.15) is 0 Å². The Morgan fingerprint density at radius 2 is 2.00 bits per heavy atom. The molecule has 0 unspecified atom stereocenters. The zero-order valence-electron chi connectivity index (χ0n) is 10.8. The van der Waals surface area contributed by atoms with Crippen molar-refractivity contribution >= 4 is 31.7 Å². The number of carbonyl (C=O) groups excluding carboxylic acids is 1. The number of hydrogen-bond acceptors (Lipinski definition) is 3. The van der Waals surface area contributed by atoms with E-state index in [0.717, 1.165) is 6.26 Å². The average Bonchev–Trinajstić information content (AvgIpc) is 2.28. The standard InChI is InChI=1S/C12H15BrFNO3S/c1-12(2,19(3,17)18)11(16)15-7-8-6-9(13)4-5-10(8)14/h4-6H,7H2,1-3H3,(H,15,16). The van der Waals surface area contributed by atoms with E-state index in [-0.39, 0.29) is 12.1 Å². The molecular formula is C12H15BrFNO3S. The van der Waals surface area contributed by atoms with Crippen LogP contribution in [0.25, 0.3) is 0 Å². The normalized spacial score (nSPS) is 12.3. The van der Waals surface area contributed by atoms with Crippen LogP contribution in [0.5, 0.6) is 0 Å². The highest BCUT2D eigenvalue weighted by Crippen LogP contribution is 2.17. The van der Waals surface area contributed by atoms with Crippen LogP contribution in [0, 0.1) is 5.82 Å². The highest BCUT2D eigenvalue weighted by Gasteiger charge is 2.38. The van der Waals surface area contributed by atoms with Crippen LogP contribution in [0.2, 0.25) is 0 Å². The van der Waals surface area contributed by atoms with Crippen molar-refractivity contribution < 1.29 is 17.6 Å². The van der Waals surface area contributed by atoms with Gasteiger partial charge in [-0.3, -0.25) is 4.79 Å². The molecule has 4 nitrogen and oxygen atoms in total. The molecule has 0 saturated carbocycles. The summed E-state index contributed by atoms with van der Waals surface area (Å²) < 4.78 is 35.6. The molecule has 19 heavy (non-hydrogen) atoms. The maximum absolute atomic E-state index is 13.5. The average molecular weight is 352 g/mol. The first-order chi connectivity index (χ1) is 8.55. The summed E-state index contributed by atoms with van der Waals surface area (Å²) >= 11 is 3.20. The van der Waals surface area contributed by atoms with Gasteiger partial charge in [0.05, 0.1) is 0 Å². The zero-order chi connectivity index (χ0) is 14.8. The van der Waals surface area contributed by atoms with Crippen molar-refractivity contribution in [3.05, 3.63) is 34.1 Å². The summed E-state index contributed by atoms with van der Waals surface area (Å²) in [7, 11) is -3.54. The molecule has 1 aromatic carbocycles. The van der Waals surface area contributed by atoms with Crippen LogP contribution >= 0.6 is 15.9 Å². The predicted molar refractivity (Wildman–Crippen MR) is 74.9 cm³/mol.